The van der Waals surface area contributed by atoms with E-state index in [9.17, 15) is 0 Å². The molecule has 0 radical (unpaired) electrons. The largest absolute Gasteiger partial charge is 0.328 e. The number of hydrogen-bond donors (Lipinski definition) is 2. The van der Waals surface area contributed by atoms with Crippen LogP contribution in [0.1, 0.15) is 25.3 Å². The van der Waals surface area contributed by atoms with Crippen molar-refractivity contribution in [2.24, 2.45) is 5.73 Å². The summed E-state index contributed by atoms with van der Waals surface area (Å²) < 4.78 is 0. The maximum absolute atomic E-state index is 5.80. The van der Waals surface area contributed by atoms with Gasteiger partial charge < -0.3 is 11.1 Å². The predicted molar refractivity (Wildman–Crippen MR) is 66.0 cm³/mol. The van der Waals surface area contributed by atoms with Crippen LogP contribution in [0.4, 0.5) is 0 Å². The zero-order chi connectivity index (χ0) is 11.1. The van der Waals surface area contributed by atoms with E-state index >= 15 is 0 Å². The second-order valence-corrected chi connectivity index (χ2v) is 4.36. The molecule has 1 aromatic rings. The van der Waals surface area contributed by atoms with E-state index in [1.54, 1.807) is 0 Å². The van der Waals surface area contributed by atoms with E-state index in [0.29, 0.717) is 6.04 Å². The lowest BCUT2D eigenvalue weighted by molar-refractivity contribution is 0.574. The highest BCUT2D eigenvalue weighted by molar-refractivity contribution is 6.30. The zero-order valence-electron chi connectivity index (χ0n) is 9.17. The Bertz CT molecular complexity index is 269. The van der Waals surface area contributed by atoms with E-state index in [1.165, 1.54) is 5.56 Å². The van der Waals surface area contributed by atoms with Crippen molar-refractivity contribution in [1.82, 2.24) is 5.32 Å². The molecule has 0 aliphatic carbocycles. The SMILES string of the molecule is CC(N)CCCNCc1ccc(Cl)cc1. The van der Waals surface area contributed by atoms with E-state index < -0.39 is 0 Å². The van der Waals surface area contributed by atoms with Gasteiger partial charge in [-0.2, -0.15) is 0 Å². The summed E-state index contributed by atoms with van der Waals surface area (Å²) in [4.78, 5) is 0. The predicted octanol–water partition coefficient (Wildman–Crippen LogP) is 2.56. The Morgan fingerprint density at radius 2 is 2.00 bits per heavy atom. The molecule has 1 atom stereocenters. The molecule has 2 nitrogen and oxygen atoms in total. The average molecular weight is 227 g/mol. The van der Waals surface area contributed by atoms with Gasteiger partial charge in [0.15, 0.2) is 0 Å². The first-order valence-corrected chi connectivity index (χ1v) is 5.77. The van der Waals surface area contributed by atoms with Crippen LogP contribution in [0, 0.1) is 0 Å². The Morgan fingerprint density at radius 3 is 2.60 bits per heavy atom. The van der Waals surface area contributed by atoms with E-state index in [2.05, 4.69) is 5.32 Å². The van der Waals surface area contributed by atoms with Gasteiger partial charge in [-0.25, -0.2) is 0 Å². The Morgan fingerprint density at radius 1 is 1.33 bits per heavy atom. The first-order valence-electron chi connectivity index (χ1n) is 5.39. The van der Waals surface area contributed by atoms with Gasteiger partial charge in [0, 0.05) is 17.6 Å². The number of halogens is 1. The van der Waals surface area contributed by atoms with Gasteiger partial charge in [-0.3, -0.25) is 0 Å². The second kappa shape index (κ2) is 6.83. The molecule has 0 fully saturated rings. The molecule has 3 N–H and O–H groups in total. The third-order valence-corrected chi connectivity index (χ3v) is 2.51. The van der Waals surface area contributed by atoms with Gasteiger partial charge in [-0.1, -0.05) is 23.7 Å². The molecular weight excluding hydrogens is 208 g/mol. The molecule has 1 unspecified atom stereocenters. The van der Waals surface area contributed by atoms with Crippen LogP contribution in [0.15, 0.2) is 24.3 Å². The zero-order valence-corrected chi connectivity index (χ0v) is 9.93. The Balaban J connectivity index is 2.12. The molecule has 0 bridgehead atoms. The first-order chi connectivity index (χ1) is 7.18. The lowest BCUT2D eigenvalue weighted by atomic mass is 10.2. The molecule has 0 saturated heterocycles. The van der Waals surface area contributed by atoms with Crippen molar-refractivity contribution in [1.29, 1.82) is 0 Å². The third kappa shape index (κ3) is 5.78. The van der Waals surface area contributed by atoms with Gasteiger partial charge >= 0.3 is 0 Å². The summed E-state index contributed by atoms with van der Waals surface area (Å²) >= 11 is 5.80. The highest BCUT2D eigenvalue weighted by Crippen LogP contribution is 2.09. The van der Waals surface area contributed by atoms with E-state index in [4.69, 9.17) is 17.3 Å². The van der Waals surface area contributed by atoms with Crippen molar-refractivity contribution in [2.75, 3.05) is 6.54 Å². The van der Waals surface area contributed by atoms with Crippen molar-refractivity contribution in [3.8, 4) is 0 Å². The molecule has 1 rings (SSSR count). The molecule has 0 aliphatic rings. The number of rotatable bonds is 6. The van der Waals surface area contributed by atoms with Gasteiger partial charge in [-0.15, -0.1) is 0 Å². The van der Waals surface area contributed by atoms with Crippen molar-refractivity contribution in [3.63, 3.8) is 0 Å². The van der Waals surface area contributed by atoms with Crippen LogP contribution in [-0.2, 0) is 6.54 Å². The summed E-state index contributed by atoms with van der Waals surface area (Å²) in [6.45, 7) is 3.96. The smallest absolute Gasteiger partial charge is 0.0406 e. The fraction of sp³-hybridized carbons (Fsp3) is 0.500. The van der Waals surface area contributed by atoms with Crippen molar-refractivity contribution >= 4 is 11.6 Å². The van der Waals surface area contributed by atoms with Crippen LogP contribution in [0.25, 0.3) is 0 Å². The Labute approximate surface area is 96.8 Å². The van der Waals surface area contributed by atoms with Gasteiger partial charge in [0.1, 0.15) is 0 Å². The van der Waals surface area contributed by atoms with Crippen molar-refractivity contribution in [3.05, 3.63) is 34.9 Å². The summed E-state index contributed by atoms with van der Waals surface area (Å²) in [5.41, 5.74) is 6.92. The Kier molecular flexibility index (Phi) is 5.69. The van der Waals surface area contributed by atoms with Crippen LogP contribution in [0.5, 0.6) is 0 Å². The molecule has 0 aliphatic heterocycles. The fourth-order valence-electron chi connectivity index (χ4n) is 1.38. The maximum atomic E-state index is 5.80. The van der Waals surface area contributed by atoms with Crippen LogP contribution in [-0.4, -0.2) is 12.6 Å². The summed E-state index contributed by atoms with van der Waals surface area (Å²) in [5.74, 6) is 0. The van der Waals surface area contributed by atoms with Gasteiger partial charge in [0.2, 0.25) is 0 Å². The molecular formula is C12H19ClN2. The molecule has 84 valence electrons. The number of nitrogens with one attached hydrogen (secondary N) is 1. The number of nitrogens with two attached hydrogens (primary N) is 1. The monoisotopic (exact) mass is 226 g/mol. The number of hydrogen-bond acceptors (Lipinski definition) is 2. The minimum Gasteiger partial charge on any atom is -0.328 e. The second-order valence-electron chi connectivity index (χ2n) is 3.92. The summed E-state index contributed by atoms with van der Waals surface area (Å²) in [6.07, 6.45) is 2.21. The standard InChI is InChI=1S/C12H19ClN2/c1-10(14)3-2-8-15-9-11-4-6-12(13)7-5-11/h4-7,10,15H,2-3,8-9,14H2,1H3. The fourth-order valence-corrected chi connectivity index (χ4v) is 1.51. The van der Waals surface area contributed by atoms with E-state index in [-0.39, 0.29) is 0 Å². The lowest BCUT2D eigenvalue weighted by Crippen LogP contribution is -2.19. The highest BCUT2D eigenvalue weighted by Gasteiger charge is 1.95. The lowest BCUT2D eigenvalue weighted by Gasteiger charge is -2.06. The van der Waals surface area contributed by atoms with Crippen LogP contribution in [0.2, 0.25) is 5.02 Å². The summed E-state index contributed by atoms with van der Waals surface area (Å²) in [7, 11) is 0. The average Bonchev–Trinajstić information content (AvgIpc) is 2.20. The van der Waals surface area contributed by atoms with Crippen LogP contribution < -0.4 is 11.1 Å². The van der Waals surface area contributed by atoms with Gasteiger partial charge in [0.05, 0.1) is 0 Å². The third-order valence-electron chi connectivity index (χ3n) is 2.26. The minimum atomic E-state index is 0.308. The number of benzene rings is 1. The minimum absolute atomic E-state index is 0.308. The van der Waals surface area contributed by atoms with Gasteiger partial charge in [-0.05, 0) is 44.0 Å². The maximum Gasteiger partial charge on any atom is 0.0406 e. The van der Waals surface area contributed by atoms with Crippen LogP contribution >= 0.6 is 11.6 Å². The molecule has 0 aromatic heterocycles. The van der Waals surface area contributed by atoms with E-state index in [1.807, 2.05) is 31.2 Å². The molecule has 0 heterocycles. The van der Waals surface area contributed by atoms with Gasteiger partial charge in [0.25, 0.3) is 0 Å². The normalized spacial score (nSPS) is 12.7. The molecule has 3 heteroatoms. The molecule has 0 amide bonds. The van der Waals surface area contributed by atoms with Crippen LogP contribution in [0.3, 0.4) is 0 Å². The van der Waals surface area contributed by atoms with Crippen molar-refractivity contribution in [2.45, 2.75) is 32.4 Å². The molecule has 0 saturated carbocycles. The van der Waals surface area contributed by atoms with Crippen molar-refractivity contribution < 1.29 is 0 Å². The molecule has 1 aromatic carbocycles. The molecule has 15 heavy (non-hydrogen) atoms. The highest BCUT2D eigenvalue weighted by atomic mass is 35.5. The topological polar surface area (TPSA) is 38.0 Å². The molecule has 0 spiro atoms. The summed E-state index contributed by atoms with van der Waals surface area (Å²) in [5, 5.41) is 4.17. The Hall–Kier alpha value is -0.570. The quantitative estimate of drug-likeness (QED) is 0.732. The first kappa shape index (κ1) is 12.5. The van der Waals surface area contributed by atoms with E-state index in [0.717, 1.165) is 31.0 Å². The summed E-state index contributed by atoms with van der Waals surface area (Å²) in [6, 6.07) is 8.23.